The molecule has 0 aromatic heterocycles. The standard InChI is InChI=1S/C19H22N2O2/c1-21(2)17-11-9-16(10-12-17)18(22)14-20-19(23)13-8-15-6-4-3-5-7-15/h3-13,18,22H,14H2,1-2H3,(H,20,23). The van der Waals surface area contributed by atoms with Gasteiger partial charge in [0.15, 0.2) is 0 Å². The van der Waals surface area contributed by atoms with Crippen LogP contribution in [0.15, 0.2) is 60.7 Å². The number of benzene rings is 2. The minimum absolute atomic E-state index is 0.180. The highest BCUT2D eigenvalue weighted by atomic mass is 16.3. The number of nitrogens with zero attached hydrogens (tertiary/aromatic N) is 1. The van der Waals surface area contributed by atoms with Crippen molar-refractivity contribution in [2.24, 2.45) is 0 Å². The molecule has 4 nitrogen and oxygen atoms in total. The van der Waals surface area contributed by atoms with Crippen LogP contribution in [0.5, 0.6) is 0 Å². The molecular weight excluding hydrogens is 288 g/mol. The van der Waals surface area contributed by atoms with Crippen LogP contribution in [0.1, 0.15) is 17.2 Å². The van der Waals surface area contributed by atoms with Crippen LogP contribution in [0.2, 0.25) is 0 Å². The van der Waals surface area contributed by atoms with E-state index in [2.05, 4.69) is 5.32 Å². The van der Waals surface area contributed by atoms with Crippen molar-refractivity contribution in [2.45, 2.75) is 6.10 Å². The molecule has 1 amide bonds. The maximum absolute atomic E-state index is 11.8. The molecule has 0 radical (unpaired) electrons. The topological polar surface area (TPSA) is 52.6 Å². The first-order valence-corrected chi connectivity index (χ1v) is 7.52. The van der Waals surface area contributed by atoms with Gasteiger partial charge in [0.25, 0.3) is 0 Å². The van der Waals surface area contributed by atoms with Gasteiger partial charge in [-0.25, -0.2) is 0 Å². The molecule has 1 atom stereocenters. The van der Waals surface area contributed by atoms with E-state index in [9.17, 15) is 9.90 Å². The maximum atomic E-state index is 11.8. The molecule has 0 heterocycles. The molecule has 1 unspecified atom stereocenters. The van der Waals surface area contributed by atoms with Crippen molar-refractivity contribution in [1.82, 2.24) is 5.32 Å². The number of rotatable bonds is 6. The molecular formula is C19H22N2O2. The van der Waals surface area contributed by atoms with E-state index in [4.69, 9.17) is 0 Å². The lowest BCUT2D eigenvalue weighted by atomic mass is 10.1. The second kappa shape index (κ2) is 8.15. The van der Waals surface area contributed by atoms with Gasteiger partial charge in [-0.05, 0) is 29.3 Å². The van der Waals surface area contributed by atoms with Crippen LogP contribution < -0.4 is 10.2 Å². The molecule has 0 saturated heterocycles. The third-order valence-corrected chi connectivity index (χ3v) is 3.49. The first-order valence-electron chi connectivity index (χ1n) is 7.52. The Hall–Kier alpha value is -2.59. The number of carbonyl (C=O) groups is 1. The first-order chi connectivity index (χ1) is 11.1. The van der Waals surface area contributed by atoms with Crippen molar-refractivity contribution in [1.29, 1.82) is 0 Å². The van der Waals surface area contributed by atoms with Crippen LogP contribution in [0.3, 0.4) is 0 Å². The number of aliphatic hydroxyl groups is 1. The van der Waals surface area contributed by atoms with E-state index in [-0.39, 0.29) is 12.5 Å². The molecule has 2 N–H and O–H groups in total. The summed E-state index contributed by atoms with van der Waals surface area (Å²) < 4.78 is 0. The van der Waals surface area contributed by atoms with Gasteiger partial charge < -0.3 is 15.3 Å². The fourth-order valence-electron chi connectivity index (χ4n) is 2.10. The van der Waals surface area contributed by atoms with E-state index < -0.39 is 6.10 Å². The Morgan fingerprint density at radius 3 is 2.39 bits per heavy atom. The number of amides is 1. The van der Waals surface area contributed by atoms with Crippen molar-refractivity contribution < 1.29 is 9.90 Å². The lowest BCUT2D eigenvalue weighted by molar-refractivity contribution is -0.116. The van der Waals surface area contributed by atoms with Gasteiger partial charge in [0.05, 0.1) is 6.10 Å². The number of anilines is 1. The van der Waals surface area contributed by atoms with Gasteiger partial charge in [0.1, 0.15) is 0 Å². The van der Waals surface area contributed by atoms with Crippen LogP contribution in [0.25, 0.3) is 6.08 Å². The second-order valence-corrected chi connectivity index (χ2v) is 5.49. The van der Waals surface area contributed by atoms with E-state index in [1.54, 1.807) is 6.08 Å². The lowest BCUT2D eigenvalue weighted by Crippen LogP contribution is -2.26. The summed E-state index contributed by atoms with van der Waals surface area (Å²) in [4.78, 5) is 13.8. The monoisotopic (exact) mass is 310 g/mol. The third kappa shape index (κ3) is 5.27. The molecule has 2 aromatic carbocycles. The molecule has 0 aliphatic rings. The van der Waals surface area contributed by atoms with E-state index >= 15 is 0 Å². The Morgan fingerprint density at radius 1 is 1.13 bits per heavy atom. The molecule has 23 heavy (non-hydrogen) atoms. The number of carbonyl (C=O) groups excluding carboxylic acids is 1. The Bertz CT molecular complexity index is 649. The van der Waals surface area contributed by atoms with Crippen LogP contribution in [0.4, 0.5) is 5.69 Å². The van der Waals surface area contributed by atoms with Gasteiger partial charge in [-0.15, -0.1) is 0 Å². The molecule has 0 bridgehead atoms. The summed E-state index contributed by atoms with van der Waals surface area (Å²) in [5.74, 6) is -0.224. The zero-order valence-electron chi connectivity index (χ0n) is 13.4. The van der Waals surface area contributed by atoms with E-state index in [1.165, 1.54) is 6.08 Å². The average Bonchev–Trinajstić information content (AvgIpc) is 2.58. The van der Waals surface area contributed by atoms with Gasteiger partial charge in [-0.2, -0.15) is 0 Å². The molecule has 4 heteroatoms. The average molecular weight is 310 g/mol. The van der Waals surface area contributed by atoms with Gasteiger partial charge in [0.2, 0.25) is 5.91 Å². The van der Waals surface area contributed by atoms with E-state index in [0.717, 1.165) is 16.8 Å². The van der Waals surface area contributed by atoms with Crippen molar-refractivity contribution in [3.8, 4) is 0 Å². The fraction of sp³-hybridized carbons (Fsp3) is 0.211. The summed E-state index contributed by atoms with van der Waals surface area (Å²) in [5, 5.41) is 12.8. The zero-order chi connectivity index (χ0) is 16.7. The van der Waals surface area contributed by atoms with Gasteiger partial charge in [-0.1, -0.05) is 42.5 Å². The Labute approximate surface area is 137 Å². The first kappa shape index (κ1) is 16.8. The van der Waals surface area contributed by atoms with Crippen molar-refractivity contribution in [3.63, 3.8) is 0 Å². The maximum Gasteiger partial charge on any atom is 0.244 e. The SMILES string of the molecule is CN(C)c1ccc(C(O)CNC(=O)C=Cc2ccccc2)cc1. The summed E-state index contributed by atoms with van der Waals surface area (Å²) in [6, 6.07) is 17.2. The van der Waals surface area contributed by atoms with Gasteiger partial charge in [-0.3, -0.25) is 4.79 Å². The summed E-state index contributed by atoms with van der Waals surface area (Å²) in [6.45, 7) is 0.180. The third-order valence-electron chi connectivity index (χ3n) is 3.49. The quantitative estimate of drug-likeness (QED) is 0.807. The largest absolute Gasteiger partial charge is 0.387 e. The molecule has 2 aromatic rings. The number of hydrogen-bond acceptors (Lipinski definition) is 3. The molecule has 0 aliphatic heterocycles. The molecule has 0 spiro atoms. The smallest absolute Gasteiger partial charge is 0.244 e. The molecule has 2 rings (SSSR count). The highest BCUT2D eigenvalue weighted by Gasteiger charge is 2.08. The van der Waals surface area contributed by atoms with Crippen LogP contribution in [-0.4, -0.2) is 31.7 Å². The summed E-state index contributed by atoms with van der Waals surface area (Å²) >= 11 is 0. The van der Waals surface area contributed by atoms with Crippen LogP contribution in [0, 0.1) is 0 Å². The second-order valence-electron chi connectivity index (χ2n) is 5.49. The highest BCUT2D eigenvalue weighted by Crippen LogP contribution is 2.17. The number of aliphatic hydroxyl groups excluding tert-OH is 1. The molecule has 0 aliphatic carbocycles. The summed E-state index contributed by atoms with van der Waals surface area (Å²) in [7, 11) is 3.93. The normalized spacial score (nSPS) is 12.1. The van der Waals surface area contributed by atoms with Gasteiger partial charge in [0, 0.05) is 32.4 Å². The van der Waals surface area contributed by atoms with E-state index in [0.29, 0.717) is 0 Å². The number of hydrogen-bond donors (Lipinski definition) is 2. The number of nitrogens with one attached hydrogen (secondary N) is 1. The Kier molecular flexibility index (Phi) is 5.94. The van der Waals surface area contributed by atoms with Crippen molar-refractivity contribution in [3.05, 3.63) is 71.8 Å². The highest BCUT2D eigenvalue weighted by molar-refractivity contribution is 5.91. The molecule has 0 saturated carbocycles. The lowest BCUT2D eigenvalue weighted by Gasteiger charge is -2.15. The summed E-state index contributed by atoms with van der Waals surface area (Å²) in [5.41, 5.74) is 2.81. The van der Waals surface area contributed by atoms with Crippen molar-refractivity contribution >= 4 is 17.7 Å². The Balaban J connectivity index is 1.85. The predicted molar refractivity (Wildman–Crippen MR) is 94.2 cm³/mol. The van der Waals surface area contributed by atoms with Crippen LogP contribution >= 0.6 is 0 Å². The Morgan fingerprint density at radius 2 is 1.78 bits per heavy atom. The predicted octanol–water partition coefficient (Wildman–Crippen LogP) is 2.62. The van der Waals surface area contributed by atoms with Crippen molar-refractivity contribution in [2.75, 3.05) is 25.5 Å². The zero-order valence-corrected chi connectivity index (χ0v) is 13.4. The minimum atomic E-state index is -0.722. The fourth-order valence-corrected chi connectivity index (χ4v) is 2.10. The van der Waals surface area contributed by atoms with Crippen LogP contribution in [-0.2, 0) is 4.79 Å². The molecule has 120 valence electrons. The van der Waals surface area contributed by atoms with Gasteiger partial charge >= 0.3 is 0 Å². The minimum Gasteiger partial charge on any atom is -0.387 e. The molecule has 0 fully saturated rings. The summed E-state index contributed by atoms with van der Waals surface area (Å²) in [6.07, 6.45) is 2.49. The van der Waals surface area contributed by atoms with E-state index in [1.807, 2.05) is 73.6 Å².